The second-order valence-corrected chi connectivity index (χ2v) is 4.96. The highest BCUT2D eigenvalue weighted by atomic mass is 16.4. The third-order valence-electron chi connectivity index (χ3n) is 3.01. The van der Waals surface area contributed by atoms with E-state index in [4.69, 9.17) is 5.11 Å². The molecule has 1 aliphatic rings. The number of rotatable bonds is 2. The zero-order chi connectivity index (χ0) is 10.1. The van der Waals surface area contributed by atoms with E-state index in [1.54, 1.807) is 0 Å². The Kier molecular flexibility index (Phi) is 2.66. The average molecular weight is 186 g/mol. The van der Waals surface area contributed by atoms with Gasteiger partial charge in [0, 0.05) is 0 Å². The van der Waals surface area contributed by atoms with Crippen LogP contribution < -0.4 is 0 Å². The van der Waals surface area contributed by atoms with Crippen molar-refractivity contribution in [3.63, 3.8) is 0 Å². The highest BCUT2D eigenvalue weighted by molar-refractivity contribution is 5.68. The summed E-state index contributed by atoms with van der Waals surface area (Å²) in [5.74, 6) is -0.901. The molecule has 0 amide bonds. The van der Waals surface area contributed by atoms with E-state index in [9.17, 15) is 9.90 Å². The van der Waals surface area contributed by atoms with Gasteiger partial charge in [-0.05, 0) is 31.1 Å². The summed E-state index contributed by atoms with van der Waals surface area (Å²) < 4.78 is 0. The number of carbonyl (C=O) groups is 1. The van der Waals surface area contributed by atoms with E-state index in [1.807, 2.05) is 0 Å². The standard InChI is InChI=1S/C10H18O3/c1-9(2)3-5-10(13,6-4-9)7-8(11)12/h13H,3-7H2,1-2H3,(H,11,12). The summed E-state index contributed by atoms with van der Waals surface area (Å²) in [6, 6.07) is 0. The van der Waals surface area contributed by atoms with Gasteiger partial charge in [0.25, 0.3) is 0 Å². The number of hydrogen-bond acceptors (Lipinski definition) is 2. The van der Waals surface area contributed by atoms with Gasteiger partial charge < -0.3 is 10.2 Å². The molecule has 0 heterocycles. The Hall–Kier alpha value is -0.570. The van der Waals surface area contributed by atoms with Crippen molar-refractivity contribution in [2.75, 3.05) is 0 Å². The quantitative estimate of drug-likeness (QED) is 0.691. The van der Waals surface area contributed by atoms with Gasteiger partial charge in [0.05, 0.1) is 12.0 Å². The minimum Gasteiger partial charge on any atom is -0.481 e. The van der Waals surface area contributed by atoms with Crippen molar-refractivity contribution < 1.29 is 15.0 Å². The van der Waals surface area contributed by atoms with Gasteiger partial charge in [0.1, 0.15) is 0 Å². The van der Waals surface area contributed by atoms with Gasteiger partial charge >= 0.3 is 5.97 Å². The Balaban J connectivity index is 2.51. The predicted octanol–water partition coefficient (Wildman–Crippen LogP) is 1.79. The Morgan fingerprint density at radius 3 is 2.08 bits per heavy atom. The van der Waals surface area contributed by atoms with Crippen molar-refractivity contribution in [3.8, 4) is 0 Å². The lowest BCUT2D eigenvalue weighted by Gasteiger charge is -2.39. The first-order chi connectivity index (χ1) is 5.83. The molecule has 3 nitrogen and oxygen atoms in total. The molecule has 0 aromatic carbocycles. The molecule has 0 aromatic heterocycles. The molecule has 13 heavy (non-hydrogen) atoms. The van der Waals surface area contributed by atoms with E-state index in [2.05, 4.69) is 13.8 Å². The van der Waals surface area contributed by atoms with Gasteiger partial charge in [-0.15, -0.1) is 0 Å². The van der Waals surface area contributed by atoms with E-state index in [0.29, 0.717) is 12.8 Å². The van der Waals surface area contributed by atoms with Crippen molar-refractivity contribution in [1.29, 1.82) is 0 Å². The van der Waals surface area contributed by atoms with E-state index in [-0.39, 0.29) is 11.8 Å². The summed E-state index contributed by atoms with van der Waals surface area (Å²) in [6.45, 7) is 4.32. The Morgan fingerprint density at radius 1 is 1.23 bits per heavy atom. The molecule has 1 aliphatic carbocycles. The Labute approximate surface area is 78.8 Å². The topological polar surface area (TPSA) is 57.5 Å². The lowest BCUT2D eigenvalue weighted by Crippen LogP contribution is -2.38. The molecule has 0 spiro atoms. The molecular formula is C10H18O3. The molecule has 0 radical (unpaired) electrons. The fraction of sp³-hybridized carbons (Fsp3) is 0.900. The molecule has 2 N–H and O–H groups in total. The Morgan fingerprint density at radius 2 is 1.69 bits per heavy atom. The van der Waals surface area contributed by atoms with Gasteiger partial charge in [0.2, 0.25) is 0 Å². The molecule has 0 aliphatic heterocycles. The number of carboxylic acids is 1. The molecule has 0 saturated heterocycles. The first-order valence-electron chi connectivity index (χ1n) is 4.77. The maximum absolute atomic E-state index is 10.5. The third-order valence-corrected chi connectivity index (χ3v) is 3.01. The van der Waals surface area contributed by atoms with Crippen LogP contribution in [0.3, 0.4) is 0 Å². The van der Waals surface area contributed by atoms with Crippen molar-refractivity contribution in [2.24, 2.45) is 5.41 Å². The molecule has 0 unspecified atom stereocenters. The second-order valence-electron chi connectivity index (χ2n) is 4.96. The van der Waals surface area contributed by atoms with Crippen molar-refractivity contribution in [1.82, 2.24) is 0 Å². The van der Waals surface area contributed by atoms with E-state index in [0.717, 1.165) is 12.8 Å². The summed E-state index contributed by atoms with van der Waals surface area (Å²) >= 11 is 0. The molecule has 76 valence electrons. The summed E-state index contributed by atoms with van der Waals surface area (Å²) in [7, 11) is 0. The first-order valence-corrected chi connectivity index (χ1v) is 4.77. The van der Waals surface area contributed by atoms with Crippen LogP contribution in [0.2, 0.25) is 0 Å². The van der Waals surface area contributed by atoms with Crippen LogP contribution in [0.15, 0.2) is 0 Å². The van der Waals surface area contributed by atoms with Gasteiger partial charge in [-0.3, -0.25) is 4.79 Å². The molecule has 1 fully saturated rings. The number of aliphatic hydroxyl groups is 1. The second kappa shape index (κ2) is 3.29. The zero-order valence-corrected chi connectivity index (χ0v) is 8.34. The van der Waals surface area contributed by atoms with Crippen LogP contribution in [-0.4, -0.2) is 21.8 Å². The normalized spacial score (nSPS) is 25.5. The van der Waals surface area contributed by atoms with Gasteiger partial charge in [-0.25, -0.2) is 0 Å². The minimum absolute atomic E-state index is 0.108. The maximum atomic E-state index is 10.5. The molecule has 1 saturated carbocycles. The van der Waals surface area contributed by atoms with Crippen LogP contribution in [0.4, 0.5) is 0 Å². The molecular weight excluding hydrogens is 168 g/mol. The highest BCUT2D eigenvalue weighted by Gasteiger charge is 2.37. The minimum atomic E-state index is -0.943. The van der Waals surface area contributed by atoms with Gasteiger partial charge in [0.15, 0.2) is 0 Å². The summed E-state index contributed by atoms with van der Waals surface area (Å²) in [5, 5.41) is 18.5. The largest absolute Gasteiger partial charge is 0.481 e. The van der Waals surface area contributed by atoms with Crippen LogP contribution in [0.5, 0.6) is 0 Å². The van der Waals surface area contributed by atoms with Crippen LogP contribution in [-0.2, 0) is 4.79 Å². The lowest BCUT2D eigenvalue weighted by molar-refractivity contribution is -0.145. The molecule has 0 aromatic rings. The third kappa shape index (κ3) is 2.99. The van der Waals surface area contributed by atoms with E-state index >= 15 is 0 Å². The summed E-state index contributed by atoms with van der Waals surface area (Å²) in [6.07, 6.45) is 2.95. The molecule has 3 heteroatoms. The van der Waals surface area contributed by atoms with Crippen LogP contribution >= 0.6 is 0 Å². The van der Waals surface area contributed by atoms with Gasteiger partial charge in [-0.1, -0.05) is 13.8 Å². The number of aliphatic carboxylic acids is 1. The molecule has 1 rings (SSSR count). The Bertz CT molecular complexity index is 198. The van der Waals surface area contributed by atoms with Crippen LogP contribution in [0.1, 0.15) is 46.0 Å². The van der Waals surface area contributed by atoms with Gasteiger partial charge in [-0.2, -0.15) is 0 Å². The summed E-state index contributed by atoms with van der Waals surface area (Å²) in [5.41, 5.74) is -0.675. The van der Waals surface area contributed by atoms with E-state index in [1.165, 1.54) is 0 Å². The summed E-state index contributed by atoms with van der Waals surface area (Å²) in [4.78, 5) is 10.5. The predicted molar refractivity (Wildman–Crippen MR) is 49.5 cm³/mol. The zero-order valence-electron chi connectivity index (χ0n) is 8.34. The first kappa shape index (κ1) is 10.5. The monoisotopic (exact) mass is 186 g/mol. The van der Waals surface area contributed by atoms with E-state index < -0.39 is 11.6 Å². The van der Waals surface area contributed by atoms with Crippen molar-refractivity contribution in [3.05, 3.63) is 0 Å². The SMILES string of the molecule is CC1(C)CCC(O)(CC(=O)O)CC1. The number of carboxylic acid groups (broad SMARTS) is 1. The maximum Gasteiger partial charge on any atom is 0.306 e. The van der Waals surface area contributed by atoms with Crippen molar-refractivity contribution >= 4 is 5.97 Å². The average Bonchev–Trinajstić information content (AvgIpc) is 1.95. The van der Waals surface area contributed by atoms with Crippen LogP contribution in [0, 0.1) is 5.41 Å². The van der Waals surface area contributed by atoms with Crippen molar-refractivity contribution in [2.45, 2.75) is 51.6 Å². The number of hydrogen-bond donors (Lipinski definition) is 2. The molecule has 0 atom stereocenters. The lowest BCUT2D eigenvalue weighted by atomic mass is 9.70. The highest BCUT2D eigenvalue weighted by Crippen LogP contribution is 2.41. The smallest absolute Gasteiger partial charge is 0.306 e. The molecule has 0 bridgehead atoms. The fourth-order valence-corrected chi connectivity index (χ4v) is 1.85. The fourth-order valence-electron chi connectivity index (χ4n) is 1.85. The van der Waals surface area contributed by atoms with Crippen LogP contribution in [0.25, 0.3) is 0 Å².